The molecule has 7 nitrogen and oxygen atoms in total. The quantitative estimate of drug-likeness (QED) is 0.372. The lowest BCUT2D eigenvalue weighted by molar-refractivity contribution is -0.241. The van der Waals surface area contributed by atoms with Gasteiger partial charge in [0.2, 0.25) is 0 Å². The van der Waals surface area contributed by atoms with Gasteiger partial charge in [-0.3, -0.25) is 4.79 Å². The Bertz CT molecular complexity index is 1390. The van der Waals surface area contributed by atoms with E-state index >= 15 is 0 Å². The van der Waals surface area contributed by atoms with E-state index in [1.54, 1.807) is 30.9 Å². The zero-order valence-electron chi connectivity index (χ0n) is 29.1. The van der Waals surface area contributed by atoms with Crippen LogP contribution in [0.5, 0.6) is 0 Å². The van der Waals surface area contributed by atoms with E-state index in [4.69, 9.17) is 14.2 Å². The van der Waals surface area contributed by atoms with E-state index in [0.717, 1.165) is 31.6 Å². The van der Waals surface area contributed by atoms with Crippen LogP contribution in [0.1, 0.15) is 111 Å². The number of ether oxygens (including phenoxy) is 3. The third-order valence-corrected chi connectivity index (χ3v) is 15.4. The molecular formula is C39H58FNO6. The maximum atomic E-state index is 13.4. The summed E-state index contributed by atoms with van der Waals surface area (Å²) in [6.07, 6.45) is 10.4. The van der Waals surface area contributed by atoms with Gasteiger partial charge in [0, 0.05) is 13.5 Å². The van der Waals surface area contributed by atoms with E-state index in [1.165, 1.54) is 50.7 Å². The Kier molecular flexibility index (Phi) is 7.60. The average Bonchev–Trinajstić information content (AvgIpc) is 3.61. The largest absolute Gasteiger partial charge is 0.388 e. The van der Waals surface area contributed by atoms with Crippen molar-refractivity contribution in [2.75, 3.05) is 19.7 Å². The number of hydrogen-bond donors (Lipinski definition) is 2. The molecule has 5 aliphatic carbocycles. The molecule has 5 saturated carbocycles. The highest BCUT2D eigenvalue weighted by Crippen LogP contribution is 2.87. The number of hydrogen-bond acceptors (Lipinski definition) is 6. The van der Waals surface area contributed by atoms with Gasteiger partial charge in [0.1, 0.15) is 11.9 Å². The molecule has 2 heterocycles. The van der Waals surface area contributed by atoms with E-state index < -0.39 is 18.0 Å². The molecule has 2 spiro atoms. The second-order valence-electron chi connectivity index (χ2n) is 18.1. The fourth-order valence-electron chi connectivity index (χ4n) is 13.0. The minimum absolute atomic E-state index is 0. The van der Waals surface area contributed by atoms with Crippen LogP contribution < -0.4 is 0 Å². The number of amides is 1. The Labute approximate surface area is 281 Å². The highest BCUT2D eigenvalue weighted by molar-refractivity contribution is 5.94. The third-order valence-electron chi connectivity index (χ3n) is 15.4. The molecule has 7 fully saturated rings. The molecule has 1 aromatic rings. The number of benzene rings is 1. The highest BCUT2D eigenvalue weighted by Gasteiger charge is 2.80. The van der Waals surface area contributed by atoms with Gasteiger partial charge in [0.25, 0.3) is 5.91 Å². The third kappa shape index (κ3) is 4.85. The van der Waals surface area contributed by atoms with Gasteiger partial charge in [-0.15, -0.1) is 0 Å². The first-order valence-electron chi connectivity index (χ1n) is 18.6. The van der Waals surface area contributed by atoms with Gasteiger partial charge in [-0.1, -0.05) is 20.8 Å². The van der Waals surface area contributed by atoms with Crippen LogP contribution >= 0.6 is 0 Å². The molecule has 0 aromatic heterocycles. The van der Waals surface area contributed by atoms with E-state index in [2.05, 4.69) is 20.8 Å². The van der Waals surface area contributed by atoms with Crippen LogP contribution in [-0.2, 0) is 14.2 Å². The Morgan fingerprint density at radius 1 is 1.02 bits per heavy atom. The second kappa shape index (κ2) is 11.0. The Morgan fingerprint density at radius 3 is 2.51 bits per heavy atom. The summed E-state index contributed by atoms with van der Waals surface area (Å²) in [5.74, 6) is 2.12. The van der Waals surface area contributed by atoms with Gasteiger partial charge >= 0.3 is 0 Å². The van der Waals surface area contributed by atoms with E-state index in [-0.39, 0.29) is 36.9 Å². The predicted octanol–water partition coefficient (Wildman–Crippen LogP) is 6.59. The number of fused-ring (bicyclic) bond motifs is 4. The van der Waals surface area contributed by atoms with Crippen LogP contribution in [0.25, 0.3) is 0 Å². The van der Waals surface area contributed by atoms with Crippen molar-refractivity contribution in [2.45, 2.75) is 135 Å². The van der Waals surface area contributed by atoms with Gasteiger partial charge in [0.05, 0.1) is 37.1 Å². The first-order valence-corrected chi connectivity index (χ1v) is 18.6. The molecule has 262 valence electrons. The molecule has 7 aliphatic rings. The van der Waals surface area contributed by atoms with E-state index in [0.29, 0.717) is 59.3 Å². The zero-order valence-corrected chi connectivity index (χ0v) is 29.1. The number of nitrogens with zero attached hydrogens (tertiary/aromatic N) is 1. The lowest BCUT2D eigenvalue weighted by Crippen LogP contribution is -2.56. The van der Waals surface area contributed by atoms with Gasteiger partial charge in [-0.25, -0.2) is 4.39 Å². The monoisotopic (exact) mass is 655 g/mol. The number of carbonyl (C=O) groups excluding carboxylic acids is 1. The van der Waals surface area contributed by atoms with Crippen molar-refractivity contribution in [3.05, 3.63) is 35.6 Å². The van der Waals surface area contributed by atoms with Crippen molar-refractivity contribution < 1.29 is 35.0 Å². The fourth-order valence-corrected chi connectivity index (χ4v) is 13.0. The van der Waals surface area contributed by atoms with Crippen LogP contribution in [-0.4, -0.2) is 77.0 Å². The van der Waals surface area contributed by atoms with Crippen LogP contribution in [0.3, 0.4) is 0 Å². The molecule has 8 rings (SSSR count). The second-order valence-corrected chi connectivity index (χ2v) is 18.1. The Balaban J connectivity index is 0.00000364. The van der Waals surface area contributed by atoms with Crippen LogP contribution in [0.15, 0.2) is 24.3 Å². The summed E-state index contributed by atoms with van der Waals surface area (Å²) in [7, 11) is 0. The lowest BCUT2D eigenvalue weighted by atomic mass is 9.46. The number of morpholine rings is 1. The van der Waals surface area contributed by atoms with Crippen LogP contribution in [0.4, 0.5) is 4.39 Å². The summed E-state index contributed by atoms with van der Waals surface area (Å²) >= 11 is 0. The first-order chi connectivity index (χ1) is 22.2. The Morgan fingerprint density at radius 2 is 1.77 bits per heavy atom. The first kappa shape index (κ1) is 32.6. The van der Waals surface area contributed by atoms with Crippen LogP contribution in [0, 0.1) is 51.1 Å². The van der Waals surface area contributed by atoms with Crippen molar-refractivity contribution in [3.8, 4) is 0 Å². The van der Waals surface area contributed by atoms with Crippen molar-refractivity contribution in [2.24, 2.45) is 45.3 Å². The number of rotatable bonds is 5. The molecule has 8 heteroatoms. The van der Waals surface area contributed by atoms with E-state index in [1.807, 2.05) is 0 Å². The van der Waals surface area contributed by atoms with Crippen molar-refractivity contribution in [3.63, 3.8) is 0 Å². The van der Waals surface area contributed by atoms with Crippen LogP contribution in [0.2, 0.25) is 0 Å². The highest BCUT2D eigenvalue weighted by atomic mass is 19.1. The molecule has 1 aromatic carbocycles. The molecule has 12 atom stereocenters. The summed E-state index contributed by atoms with van der Waals surface area (Å²) in [5.41, 5.74) is 0.468. The molecule has 2 N–H and O–H groups in total. The summed E-state index contributed by atoms with van der Waals surface area (Å²) in [6.45, 7) is 12.1. The summed E-state index contributed by atoms with van der Waals surface area (Å²) in [4.78, 5) is 15.0. The standard InChI is InChI=1S/C39H56FNO6.H2/c1-35(2)30-13-11-25-27-20-29-26(10-12-28(46-29)33(42)36(3,4)44)37(27,5)16-17-38(25)22-39(30,38)15-14-31(35)47-32-21-41(18-19-45-32)34(43)23-6-8-24(40)9-7-23;/h6-9,25-33,42,44H,10-22H2,1-5H3;1H/t25?,26?,27?,28?,29?,30?,31-,32?,33-,37+,38?,39?;/m0./s1. The predicted molar refractivity (Wildman–Crippen MR) is 177 cm³/mol. The molecule has 0 bridgehead atoms. The maximum Gasteiger partial charge on any atom is 0.254 e. The maximum absolute atomic E-state index is 13.4. The minimum Gasteiger partial charge on any atom is -0.388 e. The SMILES string of the molecule is CC(C)(O)[C@@H](O)C1CCC2C(CC3C4CCC5C(C)(C)[C@@H](OC6CN(C(=O)c7ccc(F)cc7)CCO6)CCC56CC46CC[C@]23C)O1.[HH]. The van der Waals surface area contributed by atoms with Gasteiger partial charge < -0.3 is 29.3 Å². The normalized spacial score (nSPS) is 45.9. The molecule has 9 unspecified atom stereocenters. The van der Waals surface area contributed by atoms with Crippen molar-refractivity contribution in [1.82, 2.24) is 4.90 Å². The smallest absolute Gasteiger partial charge is 0.254 e. The van der Waals surface area contributed by atoms with Gasteiger partial charge in [-0.2, -0.15) is 0 Å². The number of aliphatic hydroxyl groups is 2. The Hall–Kier alpha value is -1.58. The number of carbonyl (C=O) groups is 1. The lowest BCUT2D eigenvalue weighted by Gasteiger charge is -2.60. The zero-order chi connectivity index (χ0) is 33.1. The topological polar surface area (TPSA) is 88.5 Å². The summed E-state index contributed by atoms with van der Waals surface area (Å²) in [5, 5.41) is 21.4. The van der Waals surface area contributed by atoms with Gasteiger partial charge in [0.15, 0.2) is 6.29 Å². The van der Waals surface area contributed by atoms with Gasteiger partial charge in [-0.05, 0) is 148 Å². The summed E-state index contributed by atoms with van der Waals surface area (Å²) < 4.78 is 33.0. The molecule has 1 amide bonds. The minimum atomic E-state index is -1.16. The van der Waals surface area contributed by atoms with Crippen molar-refractivity contribution in [1.29, 1.82) is 0 Å². The molecule has 2 aliphatic heterocycles. The molecule has 47 heavy (non-hydrogen) atoms. The fraction of sp³-hybridized carbons (Fsp3) is 0.821. The van der Waals surface area contributed by atoms with Crippen molar-refractivity contribution >= 4 is 5.91 Å². The number of aliphatic hydroxyl groups excluding tert-OH is 1. The molecule has 2 saturated heterocycles. The number of halogens is 1. The molecule has 0 radical (unpaired) electrons. The molecular weight excluding hydrogens is 597 g/mol. The summed E-state index contributed by atoms with van der Waals surface area (Å²) in [6, 6.07) is 5.77. The van der Waals surface area contributed by atoms with E-state index in [9.17, 15) is 19.4 Å². The average molecular weight is 656 g/mol.